The Hall–Kier alpha value is -2.54. The molecule has 0 spiro atoms. The molecule has 0 unspecified atom stereocenters. The molecule has 7 heteroatoms. The zero-order valence-electron chi connectivity index (χ0n) is 15.2. The zero-order valence-corrected chi connectivity index (χ0v) is 15.2. The quantitative estimate of drug-likeness (QED) is 0.834. The number of fused-ring (bicyclic) bond motifs is 2. The van der Waals surface area contributed by atoms with Gasteiger partial charge in [-0.05, 0) is 32.3 Å². The SMILES string of the molecule is CN(C)C[C@@H]1CN(C(=O)c2cccc3c2OCCO3)Cc2ccnn2C1. The van der Waals surface area contributed by atoms with Crippen LogP contribution in [0.1, 0.15) is 16.1 Å². The molecule has 0 saturated carbocycles. The first-order valence-corrected chi connectivity index (χ1v) is 8.95. The Kier molecular flexibility index (Phi) is 4.55. The second kappa shape index (κ2) is 6.99. The molecule has 0 fully saturated rings. The number of hydrogen-bond acceptors (Lipinski definition) is 5. The Morgan fingerprint density at radius 3 is 2.92 bits per heavy atom. The van der Waals surface area contributed by atoms with E-state index in [2.05, 4.69) is 24.1 Å². The van der Waals surface area contributed by atoms with Crippen LogP contribution >= 0.6 is 0 Å². The van der Waals surface area contributed by atoms with Crippen molar-refractivity contribution in [3.63, 3.8) is 0 Å². The molecule has 0 saturated heterocycles. The number of carbonyl (C=O) groups excluding carboxylic acids is 1. The maximum Gasteiger partial charge on any atom is 0.258 e. The molecule has 1 aromatic heterocycles. The van der Waals surface area contributed by atoms with E-state index in [0.29, 0.717) is 49.3 Å². The Balaban J connectivity index is 1.64. The minimum atomic E-state index is -0.0224. The average Bonchev–Trinajstić information content (AvgIpc) is 2.99. The van der Waals surface area contributed by atoms with E-state index in [1.807, 2.05) is 33.8 Å². The van der Waals surface area contributed by atoms with Crippen molar-refractivity contribution in [2.24, 2.45) is 5.92 Å². The van der Waals surface area contributed by atoms with Crippen LogP contribution in [0.15, 0.2) is 30.5 Å². The van der Waals surface area contributed by atoms with Gasteiger partial charge in [0.05, 0.1) is 17.8 Å². The summed E-state index contributed by atoms with van der Waals surface area (Å²) in [5.74, 6) is 1.50. The highest BCUT2D eigenvalue weighted by Gasteiger charge is 2.29. The third-order valence-electron chi connectivity index (χ3n) is 4.77. The van der Waals surface area contributed by atoms with Gasteiger partial charge in [0.2, 0.25) is 0 Å². The van der Waals surface area contributed by atoms with E-state index in [0.717, 1.165) is 18.8 Å². The molecular weight excluding hydrogens is 332 g/mol. The number of rotatable bonds is 3. The highest BCUT2D eigenvalue weighted by molar-refractivity contribution is 5.97. The van der Waals surface area contributed by atoms with Crippen molar-refractivity contribution in [1.29, 1.82) is 0 Å². The molecule has 1 aromatic carbocycles. The van der Waals surface area contributed by atoms with E-state index in [4.69, 9.17) is 9.47 Å². The summed E-state index contributed by atoms with van der Waals surface area (Å²) in [6.07, 6.45) is 1.80. The second-order valence-corrected chi connectivity index (χ2v) is 7.15. The lowest BCUT2D eigenvalue weighted by atomic mass is 10.1. The van der Waals surface area contributed by atoms with Gasteiger partial charge in [-0.3, -0.25) is 9.48 Å². The predicted molar refractivity (Wildman–Crippen MR) is 96.4 cm³/mol. The summed E-state index contributed by atoms with van der Waals surface area (Å²) in [5.41, 5.74) is 1.63. The van der Waals surface area contributed by atoms with Crippen molar-refractivity contribution in [2.45, 2.75) is 13.1 Å². The van der Waals surface area contributed by atoms with Crippen LogP contribution in [0.4, 0.5) is 0 Å². The average molecular weight is 356 g/mol. The van der Waals surface area contributed by atoms with Crippen LogP contribution < -0.4 is 9.47 Å². The molecule has 0 bridgehead atoms. The first-order valence-electron chi connectivity index (χ1n) is 8.95. The van der Waals surface area contributed by atoms with Gasteiger partial charge in [-0.15, -0.1) is 0 Å². The fourth-order valence-corrected chi connectivity index (χ4v) is 3.73. The zero-order chi connectivity index (χ0) is 18.1. The lowest BCUT2D eigenvalue weighted by Gasteiger charge is -2.27. The number of amides is 1. The van der Waals surface area contributed by atoms with E-state index in [1.165, 1.54) is 0 Å². The van der Waals surface area contributed by atoms with Crippen LogP contribution in [0, 0.1) is 5.92 Å². The van der Waals surface area contributed by atoms with Gasteiger partial charge in [0.1, 0.15) is 13.2 Å². The maximum atomic E-state index is 13.3. The predicted octanol–water partition coefficient (Wildman–Crippen LogP) is 1.49. The number of benzene rings is 1. The van der Waals surface area contributed by atoms with Crippen LogP contribution in [0.5, 0.6) is 11.5 Å². The highest BCUT2D eigenvalue weighted by atomic mass is 16.6. The number of carbonyl (C=O) groups is 1. The molecule has 0 aliphatic carbocycles. The minimum Gasteiger partial charge on any atom is -0.486 e. The van der Waals surface area contributed by atoms with Crippen LogP contribution in [0.25, 0.3) is 0 Å². The Bertz CT molecular complexity index is 802. The van der Waals surface area contributed by atoms with Gasteiger partial charge in [-0.2, -0.15) is 5.10 Å². The molecule has 138 valence electrons. The minimum absolute atomic E-state index is 0.0224. The molecule has 1 atom stereocenters. The first-order chi connectivity index (χ1) is 12.6. The van der Waals surface area contributed by atoms with Gasteiger partial charge in [0.25, 0.3) is 5.91 Å². The van der Waals surface area contributed by atoms with Crippen molar-refractivity contribution in [2.75, 3.05) is 40.4 Å². The van der Waals surface area contributed by atoms with Gasteiger partial charge < -0.3 is 19.3 Å². The monoisotopic (exact) mass is 356 g/mol. The normalized spacial score (nSPS) is 19.2. The summed E-state index contributed by atoms with van der Waals surface area (Å²) in [4.78, 5) is 17.4. The Labute approximate surface area is 153 Å². The number of nitrogens with zero attached hydrogens (tertiary/aromatic N) is 4. The summed E-state index contributed by atoms with van der Waals surface area (Å²) in [6.45, 7) is 3.93. The molecule has 1 amide bonds. The second-order valence-electron chi connectivity index (χ2n) is 7.15. The summed E-state index contributed by atoms with van der Waals surface area (Å²) in [7, 11) is 4.11. The molecule has 0 N–H and O–H groups in total. The van der Waals surface area contributed by atoms with E-state index in [9.17, 15) is 4.79 Å². The lowest BCUT2D eigenvalue weighted by molar-refractivity contribution is 0.0701. The fraction of sp³-hybridized carbons (Fsp3) is 0.474. The largest absolute Gasteiger partial charge is 0.486 e. The van der Waals surface area contributed by atoms with E-state index >= 15 is 0 Å². The summed E-state index contributed by atoms with van der Waals surface area (Å²) >= 11 is 0. The number of para-hydroxylation sites is 1. The van der Waals surface area contributed by atoms with Crippen molar-refractivity contribution < 1.29 is 14.3 Å². The topological polar surface area (TPSA) is 59.8 Å². The fourth-order valence-electron chi connectivity index (χ4n) is 3.73. The van der Waals surface area contributed by atoms with Crippen LogP contribution in [0.3, 0.4) is 0 Å². The molecule has 4 rings (SSSR count). The van der Waals surface area contributed by atoms with Crippen molar-refractivity contribution in [3.8, 4) is 11.5 Å². The van der Waals surface area contributed by atoms with Gasteiger partial charge in [0, 0.05) is 31.7 Å². The highest BCUT2D eigenvalue weighted by Crippen LogP contribution is 2.34. The molecule has 26 heavy (non-hydrogen) atoms. The molecule has 7 nitrogen and oxygen atoms in total. The van der Waals surface area contributed by atoms with E-state index in [-0.39, 0.29) is 5.91 Å². The number of hydrogen-bond donors (Lipinski definition) is 0. The lowest BCUT2D eigenvalue weighted by Crippen LogP contribution is -2.37. The summed E-state index contributed by atoms with van der Waals surface area (Å²) < 4.78 is 13.4. The number of aromatic nitrogens is 2. The molecule has 2 aliphatic rings. The molecule has 2 aliphatic heterocycles. The van der Waals surface area contributed by atoms with Crippen LogP contribution in [-0.2, 0) is 13.1 Å². The molecular formula is C19H24N4O3. The third-order valence-corrected chi connectivity index (χ3v) is 4.77. The van der Waals surface area contributed by atoms with Crippen molar-refractivity contribution in [1.82, 2.24) is 19.6 Å². The molecule has 3 heterocycles. The van der Waals surface area contributed by atoms with Gasteiger partial charge in [-0.25, -0.2) is 0 Å². The maximum absolute atomic E-state index is 13.3. The third kappa shape index (κ3) is 3.26. The smallest absolute Gasteiger partial charge is 0.258 e. The first kappa shape index (κ1) is 16.9. The van der Waals surface area contributed by atoms with Gasteiger partial charge in [0.15, 0.2) is 11.5 Å². The Morgan fingerprint density at radius 1 is 1.23 bits per heavy atom. The summed E-state index contributed by atoms with van der Waals surface area (Å²) in [6, 6.07) is 7.50. The van der Waals surface area contributed by atoms with Crippen molar-refractivity contribution >= 4 is 5.91 Å². The Morgan fingerprint density at radius 2 is 2.08 bits per heavy atom. The summed E-state index contributed by atoms with van der Waals surface area (Å²) in [5, 5.41) is 4.43. The van der Waals surface area contributed by atoms with Crippen LogP contribution in [-0.4, -0.2) is 65.9 Å². The van der Waals surface area contributed by atoms with E-state index < -0.39 is 0 Å². The van der Waals surface area contributed by atoms with Gasteiger partial charge in [-0.1, -0.05) is 6.07 Å². The van der Waals surface area contributed by atoms with Crippen molar-refractivity contribution in [3.05, 3.63) is 41.7 Å². The van der Waals surface area contributed by atoms with Crippen LogP contribution in [0.2, 0.25) is 0 Å². The standard InChI is InChI=1S/C19H24N4O3/c1-21(2)10-14-11-22(13-15-6-7-20-23(15)12-14)19(24)16-4-3-5-17-18(16)26-9-8-25-17/h3-7,14H,8-13H2,1-2H3/t14-/m1/s1. The molecule has 2 aromatic rings. The number of ether oxygens (including phenoxy) is 2. The van der Waals surface area contributed by atoms with Gasteiger partial charge >= 0.3 is 0 Å². The van der Waals surface area contributed by atoms with E-state index in [1.54, 1.807) is 6.20 Å². The molecule has 0 radical (unpaired) electrons.